The molecule has 1 N–H and O–H groups in total. The molecule has 23 heavy (non-hydrogen) atoms. The van der Waals surface area contributed by atoms with Crippen LogP contribution >= 0.6 is 0 Å². The molecule has 6 nitrogen and oxygen atoms in total. The van der Waals surface area contributed by atoms with E-state index in [4.69, 9.17) is 9.47 Å². The number of amides is 1. The van der Waals surface area contributed by atoms with E-state index in [0.29, 0.717) is 18.8 Å². The van der Waals surface area contributed by atoms with Gasteiger partial charge in [0, 0.05) is 24.8 Å². The summed E-state index contributed by atoms with van der Waals surface area (Å²) >= 11 is 0. The Morgan fingerprint density at radius 2 is 1.96 bits per heavy atom. The molecule has 1 heterocycles. The third kappa shape index (κ3) is 4.88. The van der Waals surface area contributed by atoms with Crippen LogP contribution in [0.1, 0.15) is 11.3 Å². The molecule has 2 rings (SSSR count). The third-order valence-corrected chi connectivity index (χ3v) is 3.36. The van der Waals surface area contributed by atoms with Crippen LogP contribution in [0.5, 0.6) is 5.75 Å². The van der Waals surface area contributed by atoms with Gasteiger partial charge >= 0.3 is 6.09 Å². The average molecular weight is 316 g/mol. The summed E-state index contributed by atoms with van der Waals surface area (Å²) < 4.78 is 11.7. The molecule has 0 fully saturated rings. The zero-order valence-electron chi connectivity index (χ0n) is 13.2. The number of alkyl carbamates (subject to hydrolysis) is 1. The van der Waals surface area contributed by atoms with Crippen LogP contribution in [0, 0.1) is 6.92 Å². The van der Waals surface area contributed by atoms with E-state index >= 15 is 0 Å². The number of carbonyl (C=O) groups is 1. The van der Waals surface area contributed by atoms with Crippen molar-refractivity contribution in [3.05, 3.63) is 64.1 Å². The fourth-order valence-corrected chi connectivity index (χ4v) is 2.15. The number of carbonyl (C=O) groups excluding carboxylic acids is 1. The molecule has 0 spiro atoms. The van der Waals surface area contributed by atoms with Gasteiger partial charge in [0.15, 0.2) is 0 Å². The quantitative estimate of drug-likeness (QED) is 0.886. The molecule has 0 radical (unpaired) electrons. The van der Waals surface area contributed by atoms with Crippen molar-refractivity contribution in [1.82, 2.24) is 9.88 Å². The molecule has 0 saturated heterocycles. The summed E-state index contributed by atoms with van der Waals surface area (Å²) in [4.78, 5) is 23.6. The van der Waals surface area contributed by atoms with Gasteiger partial charge in [-0.2, -0.15) is 0 Å². The number of hydrogen-bond donors (Lipinski definition) is 1. The minimum atomic E-state index is -0.506. The standard InChI is InChI=1S/C17H20N2O4/c1-13-10-15(22-2)11-16(20)19(13)9-8-18-17(21)23-12-14-6-4-3-5-7-14/h3-7,10-11H,8-9,12H2,1-2H3,(H,18,21). The van der Waals surface area contributed by atoms with Crippen molar-refractivity contribution < 1.29 is 14.3 Å². The lowest BCUT2D eigenvalue weighted by Gasteiger charge is -2.12. The van der Waals surface area contributed by atoms with Crippen LogP contribution in [-0.4, -0.2) is 24.3 Å². The lowest BCUT2D eigenvalue weighted by atomic mass is 10.2. The van der Waals surface area contributed by atoms with E-state index in [1.807, 2.05) is 37.3 Å². The van der Waals surface area contributed by atoms with Crippen LogP contribution in [-0.2, 0) is 17.9 Å². The number of pyridine rings is 1. The topological polar surface area (TPSA) is 69.6 Å². The minimum Gasteiger partial charge on any atom is -0.496 e. The molecule has 1 amide bonds. The highest BCUT2D eigenvalue weighted by Crippen LogP contribution is 2.08. The first-order valence-electron chi connectivity index (χ1n) is 7.30. The number of nitrogens with zero attached hydrogens (tertiary/aromatic N) is 1. The van der Waals surface area contributed by atoms with E-state index < -0.39 is 6.09 Å². The molecule has 0 aliphatic rings. The van der Waals surface area contributed by atoms with Crippen molar-refractivity contribution in [3.63, 3.8) is 0 Å². The van der Waals surface area contributed by atoms with Gasteiger partial charge < -0.3 is 19.4 Å². The fraction of sp³-hybridized carbons (Fsp3) is 0.294. The summed E-state index contributed by atoms with van der Waals surface area (Å²) in [6.45, 7) is 2.71. The lowest BCUT2D eigenvalue weighted by Crippen LogP contribution is -2.31. The first-order valence-corrected chi connectivity index (χ1v) is 7.30. The number of methoxy groups -OCH3 is 1. The van der Waals surface area contributed by atoms with E-state index in [1.165, 1.54) is 13.2 Å². The molecule has 0 atom stereocenters. The highest BCUT2D eigenvalue weighted by atomic mass is 16.5. The Bertz CT molecular complexity index is 710. The van der Waals surface area contributed by atoms with Crippen LogP contribution in [0.3, 0.4) is 0 Å². The van der Waals surface area contributed by atoms with Crippen molar-refractivity contribution in [2.75, 3.05) is 13.7 Å². The third-order valence-electron chi connectivity index (χ3n) is 3.36. The zero-order valence-corrected chi connectivity index (χ0v) is 13.2. The maximum Gasteiger partial charge on any atom is 0.407 e. The molecule has 1 aromatic carbocycles. The summed E-state index contributed by atoms with van der Waals surface area (Å²) in [6.07, 6.45) is -0.506. The Balaban J connectivity index is 1.81. The number of nitrogens with one attached hydrogen (secondary N) is 1. The van der Waals surface area contributed by atoms with Crippen molar-refractivity contribution in [3.8, 4) is 5.75 Å². The van der Waals surface area contributed by atoms with Crippen molar-refractivity contribution in [1.29, 1.82) is 0 Å². The summed E-state index contributed by atoms with van der Waals surface area (Å²) in [6, 6.07) is 12.6. The summed E-state index contributed by atoms with van der Waals surface area (Å²) in [5, 5.41) is 2.63. The second kappa shape index (κ2) is 8.03. The molecule has 122 valence electrons. The highest BCUT2D eigenvalue weighted by Gasteiger charge is 2.06. The minimum absolute atomic E-state index is 0.165. The molecule has 0 aliphatic heterocycles. The van der Waals surface area contributed by atoms with Crippen molar-refractivity contribution >= 4 is 6.09 Å². The van der Waals surface area contributed by atoms with E-state index in [2.05, 4.69) is 5.32 Å². The van der Waals surface area contributed by atoms with Gasteiger partial charge in [-0.05, 0) is 18.6 Å². The fourth-order valence-electron chi connectivity index (χ4n) is 2.15. The summed E-state index contributed by atoms with van der Waals surface area (Å²) in [5.74, 6) is 0.527. The SMILES string of the molecule is COc1cc(C)n(CCNC(=O)OCc2ccccc2)c(=O)c1. The van der Waals surface area contributed by atoms with Crippen LogP contribution in [0.4, 0.5) is 4.79 Å². The second-order valence-corrected chi connectivity index (χ2v) is 5.01. The Morgan fingerprint density at radius 1 is 1.22 bits per heavy atom. The highest BCUT2D eigenvalue weighted by molar-refractivity contribution is 5.67. The molecular weight excluding hydrogens is 296 g/mol. The summed E-state index contributed by atoms with van der Waals surface area (Å²) in [7, 11) is 1.52. The van der Waals surface area contributed by atoms with Gasteiger partial charge in [0.2, 0.25) is 0 Å². The molecule has 0 aliphatic carbocycles. The Labute approximate surface area is 134 Å². The Kier molecular flexibility index (Phi) is 5.80. The average Bonchev–Trinajstić information content (AvgIpc) is 2.56. The zero-order chi connectivity index (χ0) is 16.7. The van der Waals surface area contributed by atoms with Gasteiger partial charge in [-0.1, -0.05) is 30.3 Å². The van der Waals surface area contributed by atoms with Crippen LogP contribution < -0.4 is 15.6 Å². The van der Waals surface area contributed by atoms with Crippen LogP contribution in [0.15, 0.2) is 47.3 Å². The molecule has 2 aromatic rings. The number of aromatic nitrogens is 1. The van der Waals surface area contributed by atoms with E-state index in [-0.39, 0.29) is 12.2 Å². The Morgan fingerprint density at radius 3 is 2.61 bits per heavy atom. The Hall–Kier alpha value is -2.76. The van der Waals surface area contributed by atoms with Gasteiger partial charge in [-0.25, -0.2) is 4.79 Å². The van der Waals surface area contributed by atoms with E-state index in [1.54, 1.807) is 10.6 Å². The summed E-state index contributed by atoms with van der Waals surface area (Å²) in [5.41, 5.74) is 1.53. The first kappa shape index (κ1) is 16.6. The van der Waals surface area contributed by atoms with E-state index in [9.17, 15) is 9.59 Å². The van der Waals surface area contributed by atoms with Crippen molar-refractivity contribution in [2.24, 2.45) is 0 Å². The molecule has 0 saturated carbocycles. The monoisotopic (exact) mass is 316 g/mol. The van der Waals surface area contributed by atoms with Crippen LogP contribution in [0.2, 0.25) is 0 Å². The number of hydrogen-bond acceptors (Lipinski definition) is 4. The molecule has 0 unspecified atom stereocenters. The second-order valence-electron chi connectivity index (χ2n) is 5.01. The van der Waals surface area contributed by atoms with Gasteiger partial charge in [-0.15, -0.1) is 0 Å². The normalized spacial score (nSPS) is 10.2. The van der Waals surface area contributed by atoms with Crippen LogP contribution in [0.25, 0.3) is 0 Å². The smallest absolute Gasteiger partial charge is 0.407 e. The molecule has 6 heteroatoms. The maximum absolute atomic E-state index is 11.9. The number of aryl methyl sites for hydroxylation is 1. The number of ether oxygens (including phenoxy) is 2. The predicted octanol–water partition coefficient (Wildman–Crippen LogP) is 2.09. The molecule has 1 aromatic heterocycles. The van der Waals surface area contributed by atoms with Gasteiger partial charge in [0.25, 0.3) is 5.56 Å². The largest absolute Gasteiger partial charge is 0.496 e. The van der Waals surface area contributed by atoms with Crippen molar-refractivity contribution in [2.45, 2.75) is 20.1 Å². The number of benzene rings is 1. The predicted molar refractivity (Wildman–Crippen MR) is 86.6 cm³/mol. The van der Waals surface area contributed by atoms with E-state index in [0.717, 1.165) is 11.3 Å². The van der Waals surface area contributed by atoms with Gasteiger partial charge in [0.1, 0.15) is 12.4 Å². The number of rotatable bonds is 6. The lowest BCUT2D eigenvalue weighted by molar-refractivity contribution is 0.139. The van der Waals surface area contributed by atoms with Gasteiger partial charge in [0.05, 0.1) is 7.11 Å². The maximum atomic E-state index is 11.9. The molecular formula is C17H20N2O4. The van der Waals surface area contributed by atoms with Gasteiger partial charge in [-0.3, -0.25) is 4.79 Å². The molecule has 0 bridgehead atoms. The first-order chi connectivity index (χ1) is 11.1.